The topological polar surface area (TPSA) is 70.9 Å². The second-order valence-electron chi connectivity index (χ2n) is 1.47. The van der Waals surface area contributed by atoms with Crippen molar-refractivity contribution in [2.75, 3.05) is 19.8 Å². The van der Waals surface area contributed by atoms with Crippen molar-refractivity contribution in [1.82, 2.24) is 5.43 Å². The van der Waals surface area contributed by atoms with Crippen LogP contribution < -0.4 is 5.43 Å². The molecule has 2 N–H and O–H groups in total. The van der Waals surface area contributed by atoms with Crippen molar-refractivity contribution in [3.63, 3.8) is 0 Å². The summed E-state index contributed by atoms with van der Waals surface area (Å²) in [6.45, 7) is 3.01. The summed E-state index contributed by atoms with van der Waals surface area (Å²) in [6, 6.07) is 0. The lowest BCUT2D eigenvalue weighted by Crippen LogP contribution is -2.23. The lowest BCUT2D eigenvalue weighted by atomic mass is 10.6. The summed E-state index contributed by atoms with van der Waals surface area (Å²) in [5.74, 6) is -0.372. The first-order valence-electron chi connectivity index (χ1n) is 2.74. The molecule has 0 aromatic heterocycles. The molecule has 0 aliphatic rings. The number of aliphatic hydroxyl groups excluding tert-OH is 1. The molecule has 58 valence electrons. The van der Waals surface area contributed by atoms with Gasteiger partial charge in [-0.05, 0) is 0 Å². The monoisotopic (exact) mass is 146 g/mol. The van der Waals surface area contributed by atoms with E-state index in [4.69, 9.17) is 5.11 Å². The first-order valence-corrected chi connectivity index (χ1v) is 2.74. The molecule has 0 bridgehead atoms. The maximum absolute atomic E-state index is 10.5. The third kappa shape index (κ3) is 5.20. The van der Waals surface area contributed by atoms with Crippen LogP contribution in [0.5, 0.6) is 0 Å². The summed E-state index contributed by atoms with van der Waals surface area (Å²) in [5.41, 5.74) is 2.07. The van der Waals surface area contributed by atoms with Gasteiger partial charge in [-0.3, -0.25) is 4.79 Å². The third-order valence-electron chi connectivity index (χ3n) is 0.673. The van der Waals surface area contributed by atoms with E-state index in [-0.39, 0.29) is 25.7 Å². The summed E-state index contributed by atoms with van der Waals surface area (Å²) in [7, 11) is 0. The number of carbonyl (C=O) groups excluding carboxylic acids is 1. The Morgan fingerprint density at radius 3 is 3.00 bits per heavy atom. The van der Waals surface area contributed by atoms with Crippen LogP contribution in [0.4, 0.5) is 0 Å². The second-order valence-corrected chi connectivity index (χ2v) is 1.47. The number of rotatable bonds is 5. The molecule has 0 fully saturated rings. The fourth-order valence-electron chi connectivity index (χ4n) is 0.350. The van der Waals surface area contributed by atoms with Crippen molar-refractivity contribution in [3.8, 4) is 0 Å². The molecule has 0 saturated carbocycles. The Labute approximate surface area is 58.7 Å². The Kier molecular flexibility index (Phi) is 5.60. The van der Waals surface area contributed by atoms with Gasteiger partial charge in [0.15, 0.2) is 0 Å². The van der Waals surface area contributed by atoms with E-state index in [1.165, 1.54) is 0 Å². The molecule has 10 heavy (non-hydrogen) atoms. The Hall–Kier alpha value is -0.940. The van der Waals surface area contributed by atoms with Crippen LogP contribution in [0.15, 0.2) is 5.10 Å². The zero-order valence-electron chi connectivity index (χ0n) is 5.54. The van der Waals surface area contributed by atoms with E-state index in [9.17, 15) is 4.79 Å². The molecular formula is C5H10N2O3. The van der Waals surface area contributed by atoms with Gasteiger partial charge in [0.05, 0.1) is 13.2 Å². The minimum atomic E-state index is -0.372. The average molecular weight is 146 g/mol. The van der Waals surface area contributed by atoms with Crippen LogP contribution in [0.2, 0.25) is 0 Å². The van der Waals surface area contributed by atoms with Gasteiger partial charge in [-0.25, -0.2) is 5.43 Å². The largest absolute Gasteiger partial charge is 0.394 e. The Morgan fingerprint density at radius 2 is 2.50 bits per heavy atom. The van der Waals surface area contributed by atoms with Gasteiger partial charge in [-0.1, -0.05) is 0 Å². The predicted molar refractivity (Wildman–Crippen MR) is 35.6 cm³/mol. The molecule has 0 spiro atoms. The molecule has 0 aliphatic carbocycles. The zero-order valence-corrected chi connectivity index (χ0v) is 5.54. The van der Waals surface area contributed by atoms with Gasteiger partial charge in [0.1, 0.15) is 6.61 Å². The number of aliphatic hydroxyl groups is 1. The van der Waals surface area contributed by atoms with Crippen LogP contribution in [-0.2, 0) is 9.53 Å². The van der Waals surface area contributed by atoms with E-state index < -0.39 is 0 Å². The fraction of sp³-hybridized carbons (Fsp3) is 0.600. The van der Waals surface area contributed by atoms with E-state index in [1.54, 1.807) is 0 Å². The standard InChI is InChI=1S/C5H10N2O3/c1-6-7-5(9)4-10-3-2-8/h8H,1-4H2,(H,7,9). The molecule has 0 aromatic carbocycles. The van der Waals surface area contributed by atoms with Crippen molar-refractivity contribution in [2.45, 2.75) is 0 Å². The number of nitrogens with zero attached hydrogens (tertiary/aromatic N) is 1. The van der Waals surface area contributed by atoms with E-state index in [1.807, 2.05) is 0 Å². The van der Waals surface area contributed by atoms with Crippen LogP contribution in [0.25, 0.3) is 0 Å². The van der Waals surface area contributed by atoms with Crippen molar-refractivity contribution in [2.24, 2.45) is 5.10 Å². The Morgan fingerprint density at radius 1 is 1.80 bits per heavy atom. The summed E-state index contributed by atoms with van der Waals surface area (Å²) in [6.07, 6.45) is 0. The maximum Gasteiger partial charge on any atom is 0.266 e. The minimum Gasteiger partial charge on any atom is -0.394 e. The number of carbonyl (C=O) groups is 1. The smallest absolute Gasteiger partial charge is 0.266 e. The Balaban J connectivity index is 3.13. The highest BCUT2D eigenvalue weighted by molar-refractivity contribution is 5.77. The minimum absolute atomic E-state index is 0.0885. The quantitative estimate of drug-likeness (QED) is 0.288. The SMILES string of the molecule is C=NNC(=O)COCCO. The zero-order chi connectivity index (χ0) is 7.82. The van der Waals surface area contributed by atoms with E-state index in [0.29, 0.717) is 0 Å². The van der Waals surface area contributed by atoms with Crippen molar-refractivity contribution in [3.05, 3.63) is 0 Å². The van der Waals surface area contributed by atoms with Crippen molar-refractivity contribution >= 4 is 12.6 Å². The number of nitrogens with one attached hydrogen (secondary N) is 1. The average Bonchev–Trinajstić information content (AvgIpc) is 1.89. The van der Waals surface area contributed by atoms with Gasteiger partial charge in [-0.2, -0.15) is 5.10 Å². The molecule has 5 nitrogen and oxygen atoms in total. The summed E-state index contributed by atoms with van der Waals surface area (Å²) < 4.78 is 4.65. The molecule has 0 rings (SSSR count). The molecule has 0 saturated heterocycles. The maximum atomic E-state index is 10.5. The number of amides is 1. The van der Waals surface area contributed by atoms with Crippen LogP contribution in [0, 0.1) is 0 Å². The van der Waals surface area contributed by atoms with Gasteiger partial charge >= 0.3 is 0 Å². The molecule has 5 heteroatoms. The van der Waals surface area contributed by atoms with E-state index >= 15 is 0 Å². The van der Waals surface area contributed by atoms with Crippen molar-refractivity contribution < 1.29 is 14.6 Å². The van der Waals surface area contributed by atoms with Gasteiger partial charge in [0.2, 0.25) is 0 Å². The first kappa shape index (κ1) is 9.06. The first-order chi connectivity index (χ1) is 4.81. The molecule has 1 amide bonds. The predicted octanol–water partition coefficient (Wildman–Crippen LogP) is -1.27. The molecule has 0 radical (unpaired) electrons. The highest BCUT2D eigenvalue weighted by Gasteiger charge is 1.96. The van der Waals surface area contributed by atoms with Gasteiger partial charge < -0.3 is 9.84 Å². The summed E-state index contributed by atoms with van der Waals surface area (Å²) >= 11 is 0. The van der Waals surface area contributed by atoms with Gasteiger partial charge in [0, 0.05) is 6.72 Å². The molecule has 0 aliphatic heterocycles. The van der Waals surface area contributed by atoms with Crippen LogP contribution in [-0.4, -0.2) is 37.6 Å². The van der Waals surface area contributed by atoms with Crippen LogP contribution >= 0.6 is 0 Å². The molecule has 0 unspecified atom stereocenters. The fourth-order valence-corrected chi connectivity index (χ4v) is 0.350. The summed E-state index contributed by atoms with van der Waals surface area (Å²) in [5, 5.41) is 11.3. The highest BCUT2D eigenvalue weighted by Crippen LogP contribution is 1.72. The normalized spacial score (nSPS) is 8.90. The van der Waals surface area contributed by atoms with E-state index in [2.05, 4.69) is 22.0 Å². The number of hydrogen-bond acceptors (Lipinski definition) is 4. The van der Waals surface area contributed by atoms with Crippen molar-refractivity contribution in [1.29, 1.82) is 0 Å². The molecule has 0 heterocycles. The molecule has 0 atom stereocenters. The second kappa shape index (κ2) is 6.18. The van der Waals surface area contributed by atoms with Gasteiger partial charge in [0.25, 0.3) is 5.91 Å². The van der Waals surface area contributed by atoms with Crippen LogP contribution in [0.3, 0.4) is 0 Å². The lowest BCUT2D eigenvalue weighted by Gasteiger charge is -1.98. The summed E-state index contributed by atoms with van der Waals surface area (Å²) in [4.78, 5) is 10.5. The highest BCUT2D eigenvalue weighted by atomic mass is 16.5. The number of hydrazone groups is 1. The number of ether oxygens (including phenoxy) is 1. The molecular weight excluding hydrogens is 136 g/mol. The van der Waals surface area contributed by atoms with Crippen LogP contribution in [0.1, 0.15) is 0 Å². The van der Waals surface area contributed by atoms with Gasteiger partial charge in [-0.15, -0.1) is 0 Å². The lowest BCUT2D eigenvalue weighted by molar-refractivity contribution is -0.125. The third-order valence-corrected chi connectivity index (χ3v) is 0.673. The molecule has 0 aromatic rings. The number of hydrogen-bond donors (Lipinski definition) is 2. The van der Waals surface area contributed by atoms with E-state index in [0.717, 1.165) is 0 Å². The Bertz CT molecular complexity index is 115.